The molecule has 0 spiro atoms. The molecule has 1 fully saturated rings. The molecule has 0 radical (unpaired) electrons. The smallest absolute Gasteiger partial charge is 0.309 e. The van der Waals surface area contributed by atoms with E-state index in [4.69, 9.17) is 16.2 Å². The zero-order valence-corrected chi connectivity index (χ0v) is 13.1. The Hall–Kier alpha value is -1.92. The summed E-state index contributed by atoms with van der Waals surface area (Å²) in [5.41, 5.74) is 11.0. The third kappa shape index (κ3) is 4.82. The Bertz CT molecular complexity index is 480. The molecule has 7 heteroatoms. The first kappa shape index (κ1) is 16.5. The Labute approximate surface area is 130 Å². The number of nitrogens with zero attached hydrogens (tertiary/aromatic N) is 3. The fraction of sp³-hybridized carbons (Fsp3) is 0.733. The van der Waals surface area contributed by atoms with Gasteiger partial charge >= 0.3 is 5.97 Å². The van der Waals surface area contributed by atoms with Crippen molar-refractivity contribution < 1.29 is 9.53 Å². The van der Waals surface area contributed by atoms with Gasteiger partial charge in [-0.3, -0.25) is 4.79 Å². The number of rotatable bonds is 6. The largest absolute Gasteiger partial charge is 0.457 e. The van der Waals surface area contributed by atoms with E-state index in [1.165, 1.54) is 19.3 Å². The number of hydrogen-bond donors (Lipinski definition) is 2. The van der Waals surface area contributed by atoms with E-state index in [1.807, 2.05) is 0 Å². The van der Waals surface area contributed by atoms with Crippen LogP contribution in [0.15, 0.2) is 0 Å². The van der Waals surface area contributed by atoms with Gasteiger partial charge in [0.05, 0.1) is 5.92 Å². The Morgan fingerprint density at radius 1 is 1.14 bits per heavy atom. The second kappa shape index (κ2) is 7.91. The fourth-order valence-electron chi connectivity index (χ4n) is 2.95. The third-order valence-corrected chi connectivity index (χ3v) is 4.21. The number of nitrogens with two attached hydrogens (primary N) is 2. The van der Waals surface area contributed by atoms with Crippen LogP contribution in [-0.2, 0) is 16.1 Å². The zero-order valence-electron chi connectivity index (χ0n) is 13.1. The van der Waals surface area contributed by atoms with Crippen molar-refractivity contribution in [3.05, 3.63) is 5.82 Å². The van der Waals surface area contributed by atoms with Crippen molar-refractivity contribution >= 4 is 17.9 Å². The SMILES string of the molecule is CCCCC1CCC(C(=O)OCc2nc(N)nc(N)n2)CC1. The van der Waals surface area contributed by atoms with E-state index in [1.54, 1.807) is 0 Å². The van der Waals surface area contributed by atoms with Crippen LogP contribution in [0.25, 0.3) is 0 Å². The topological polar surface area (TPSA) is 117 Å². The molecule has 2 rings (SSSR count). The molecule has 122 valence electrons. The maximum atomic E-state index is 12.1. The number of carbonyl (C=O) groups is 1. The van der Waals surface area contributed by atoms with Crippen molar-refractivity contribution in [3.63, 3.8) is 0 Å². The fourth-order valence-corrected chi connectivity index (χ4v) is 2.95. The molecular weight excluding hydrogens is 282 g/mol. The molecule has 4 N–H and O–H groups in total. The van der Waals surface area contributed by atoms with Crippen molar-refractivity contribution in [3.8, 4) is 0 Å². The Kier molecular flexibility index (Phi) is 5.91. The molecular formula is C15H25N5O2. The normalized spacial score (nSPS) is 21.5. The first-order chi connectivity index (χ1) is 10.6. The van der Waals surface area contributed by atoms with E-state index >= 15 is 0 Å². The quantitative estimate of drug-likeness (QED) is 0.772. The summed E-state index contributed by atoms with van der Waals surface area (Å²) in [5.74, 6) is 0.952. The second-order valence-corrected chi connectivity index (χ2v) is 5.94. The van der Waals surface area contributed by atoms with Crippen LogP contribution in [0.1, 0.15) is 57.7 Å². The molecule has 22 heavy (non-hydrogen) atoms. The van der Waals surface area contributed by atoms with Gasteiger partial charge in [0.25, 0.3) is 0 Å². The van der Waals surface area contributed by atoms with Crippen molar-refractivity contribution in [1.82, 2.24) is 15.0 Å². The molecule has 0 saturated heterocycles. The van der Waals surface area contributed by atoms with Crippen molar-refractivity contribution in [2.24, 2.45) is 11.8 Å². The highest BCUT2D eigenvalue weighted by Gasteiger charge is 2.27. The van der Waals surface area contributed by atoms with Gasteiger partial charge in [-0.15, -0.1) is 0 Å². The molecule has 0 bridgehead atoms. The summed E-state index contributed by atoms with van der Waals surface area (Å²) < 4.78 is 5.29. The molecule has 0 amide bonds. The molecule has 1 saturated carbocycles. The summed E-state index contributed by atoms with van der Waals surface area (Å²) in [4.78, 5) is 23.6. The molecule has 1 aromatic rings. The molecule has 1 aliphatic carbocycles. The molecule has 7 nitrogen and oxygen atoms in total. The lowest BCUT2D eigenvalue weighted by molar-refractivity contribution is -0.151. The highest BCUT2D eigenvalue weighted by Crippen LogP contribution is 2.32. The van der Waals surface area contributed by atoms with Crippen molar-refractivity contribution in [2.45, 2.75) is 58.5 Å². The van der Waals surface area contributed by atoms with Crippen molar-refractivity contribution in [2.75, 3.05) is 11.5 Å². The lowest BCUT2D eigenvalue weighted by atomic mass is 9.80. The van der Waals surface area contributed by atoms with Gasteiger partial charge < -0.3 is 16.2 Å². The minimum Gasteiger partial charge on any atom is -0.457 e. The van der Waals surface area contributed by atoms with Gasteiger partial charge in [-0.05, 0) is 31.6 Å². The molecule has 1 aromatic heterocycles. The maximum Gasteiger partial charge on any atom is 0.309 e. The number of hydrogen-bond acceptors (Lipinski definition) is 7. The number of carbonyl (C=O) groups excluding carboxylic acids is 1. The standard InChI is InChI=1S/C15H25N5O2/c1-2-3-4-10-5-7-11(8-6-10)13(21)22-9-12-18-14(16)20-15(17)19-12/h10-11H,2-9H2,1H3,(H4,16,17,18,19,20). The van der Waals surface area contributed by atoms with E-state index in [0.717, 1.165) is 31.6 Å². The molecule has 0 atom stereocenters. The van der Waals surface area contributed by atoms with E-state index in [9.17, 15) is 4.79 Å². The van der Waals surface area contributed by atoms with Gasteiger partial charge in [-0.1, -0.05) is 26.2 Å². The molecule has 0 aromatic carbocycles. The summed E-state index contributed by atoms with van der Waals surface area (Å²) in [5, 5.41) is 0. The van der Waals surface area contributed by atoms with Crippen molar-refractivity contribution in [1.29, 1.82) is 0 Å². The number of unbranched alkanes of at least 4 members (excludes halogenated alkanes) is 1. The monoisotopic (exact) mass is 307 g/mol. The first-order valence-corrected chi connectivity index (χ1v) is 8.01. The first-order valence-electron chi connectivity index (χ1n) is 8.01. The summed E-state index contributed by atoms with van der Waals surface area (Å²) in [6.45, 7) is 2.20. The second-order valence-electron chi connectivity index (χ2n) is 5.94. The molecule has 1 heterocycles. The van der Waals surface area contributed by atoms with E-state index in [0.29, 0.717) is 0 Å². The molecule has 0 unspecified atom stereocenters. The number of anilines is 2. The molecule has 0 aliphatic heterocycles. The highest BCUT2D eigenvalue weighted by atomic mass is 16.5. The van der Waals surface area contributed by atoms with Gasteiger partial charge in [-0.2, -0.15) is 15.0 Å². The minimum absolute atomic E-state index is 0.00518. The Morgan fingerprint density at radius 3 is 2.36 bits per heavy atom. The van der Waals surface area contributed by atoms with E-state index in [-0.39, 0.29) is 36.2 Å². The summed E-state index contributed by atoms with van der Waals surface area (Å²) in [7, 11) is 0. The lowest BCUT2D eigenvalue weighted by Crippen LogP contribution is -2.24. The predicted octanol–water partition coefficient (Wildman–Crippen LogP) is 2.08. The van der Waals surface area contributed by atoms with Crippen LogP contribution in [0.4, 0.5) is 11.9 Å². The average Bonchev–Trinajstić information content (AvgIpc) is 2.50. The van der Waals surface area contributed by atoms with Gasteiger partial charge in [0.15, 0.2) is 12.4 Å². The van der Waals surface area contributed by atoms with Crippen LogP contribution in [0.2, 0.25) is 0 Å². The van der Waals surface area contributed by atoms with E-state index in [2.05, 4.69) is 21.9 Å². The van der Waals surface area contributed by atoms with Crippen LogP contribution >= 0.6 is 0 Å². The number of aromatic nitrogens is 3. The minimum atomic E-state index is -0.175. The Morgan fingerprint density at radius 2 is 1.77 bits per heavy atom. The van der Waals surface area contributed by atoms with Crippen LogP contribution < -0.4 is 11.5 Å². The van der Waals surface area contributed by atoms with Crippen LogP contribution in [0.3, 0.4) is 0 Å². The lowest BCUT2D eigenvalue weighted by Gasteiger charge is -2.27. The van der Waals surface area contributed by atoms with Gasteiger partial charge in [-0.25, -0.2) is 0 Å². The maximum absolute atomic E-state index is 12.1. The van der Waals surface area contributed by atoms with E-state index < -0.39 is 0 Å². The highest BCUT2D eigenvalue weighted by molar-refractivity contribution is 5.72. The van der Waals surface area contributed by atoms with Gasteiger partial charge in [0.1, 0.15) is 0 Å². The predicted molar refractivity (Wildman–Crippen MR) is 83.4 cm³/mol. The van der Waals surface area contributed by atoms with Gasteiger partial charge in [0, 0.05) is 0 Å². The summed E-state index contributed by atoms with van der Waals surface area (Å²) in [6.07, 6.45) is 7.85. The summed E-state index contributed by atoms with van der Waals surface area (Å²) >= 11 is 0. The van der Waals surface area contributed by atoms with Crippen LogP contribution in [0, 0.1) is 11.8 Å². The average molecular weight is 307 g/mol. The summed E-state index contributed by atoms with van der Waals surface area (Å²) in [6, 6.07) is 0. The van der Waals surface area contributed by atoms with Gasteiger partial charge in [0.2, 0.25) is 11.9 Å². The molecule has 1 aliphatic rings. The zero-order chi connectivity index (χ0) is 15.9. The van der Waals surface area contributed by atoms with Crippen LogP contribution in [-0.4, -0.2) is 20.9 Å². The number of nitrogen functional groups attached to an aromatic ring is 2. The third-order valence-electron chi connectivity index (χ3n) is 4.21. The number of ether oxygens (including phenoxy) is 1. The number of esters is 1. The van der Waals surface area contributed by atoms with Crippen LogP contribution in [0.5, 0.6) is 0 Å². The Balaban J connectivity index is 1.76.